The van der Waals surface area contributed by atoms with E-state index in [1.54, 1.807) is 12.1 Å². The average molecular weight is 151 g/mol. The number of phenolic OH excluding ortho intramolecular Hbond substituents is 1. The van der Waals surface area contributed by atoms with Crippen LogP contribution >= 0.6 is 0 Å². The first-order chi connectivity index (χ1) is 5.27. The number of benzene rings is 1. The molecule has 2 heteroatoms. The summed E-state index contributed by atoms with van der Waals surface area (Å²) in [5.41, 5.74) is 2.23. The van der Waals surface area contributed by atoms with Crippen molar-refractivity contribution in [1.82, 2.24) is 0 Å². The predicted molar refractivity (Wildman–Crippen MR) is 47.0 cm³/mol. The predicted octanol–water partition coefficient (Wildman–Crippen LogP) is 2.00. The Morgan fingerprint density at radius 1 is 1.45 bits per heavy atom. The Morgan fingerprint density at radius 2 is 2.18 bits per heavy atom. The zero-order valence-electron chi connectivity index (χ0n) is 6.89. The fourth-order valence-corrected chi connectivity index (χ4v) is 1.11. The molecule has 0 unspecified atom stereocenters. The van der Waals surface area contributed by atoms with Crippen molar-refractivity contribution in [1.29, 1.82) is 0 Å². The lowest BCUT2D eigenvalue weighted by Crippen LogP contribution is -1.93. The second kappa shape index (κ2) is 3.28. The second-order valence-electron chi connectivity index (χ2n) is 2.45. The van der Waals surface area contributed by atoms with E-state index in [4.69, 9.17) is 5.11 Å². The van der Waals surface area contributed by atoms with Crippen LogP contribution < -0.4 is 5.32 Å². The number of phenols is 1. The summed E-state index contributed by atoms with van der Waals surface area (Å²) < 4.78 is 0. The zero-order chi connectivity index (χ0) is 8.27. The van der Waals surface area contributed by atoms with Crippen molar-refractivity contribution in [2.45, 2.75) is 13.3 Å². The summed E-state index contributed by atoms with van der Waals surface area (Å²) in [7, 11) is 1.86. The molecule has 2 N–H and O–H groups in total. The third-order valence-corrected chi connectivity index (χ3v) is 1.74. The average Bonchev–Trinajstić information content (AvgIpc) is 2.04. The third-order valence-electron chi connectivity index (χ3n) is 1.74. The highest BCUT2D eigenvalue weighted by Crippen LogP contribution is 2.21. The lowest BCUT2D eigenvalue weighted by Gasteiger charge is -2.06. The molecule has 0 bridgehead atoms. The molecule has 0 fully saturated rings. The van der Waals surface area contributed by atoms with Crippen molar-refractivity contribution in [3.8, 4) is 5.75 Å². The number of nitrogens with one attached hydrogen (secondary N) is 1. The van der Waals surface area contributed by atoms with Crippen LogP contribution in [-0.4, -0.2) is 12.2 Å². The van der Waals surface area contributed by atoms with Crippen molar-refractivity contribution in [2.24, 2.45) is 0 Å². The minimum Gasteiger partial charge on any atom is -0.508 e. The van der Waals surface area contributed by atoms with Gasteiger partial charge in [0.2, 0.25) is 0 Å². The van der Waals surface area contributed by atoms with Crippen LogP contribution in [0, 0.1) is 0 Å². The van der Waals surface area contributed by atoms with Gasteiger partial charge in [0.15, 0.2) is 0 Å². The molecule has 1 aromatic rings. The van der Waals surface area contributed by atoms with Gasteiger partial charge in [-0.1, -0.05) is 13.0 Å². The van der Waals surface area contributed by atoms with Crippen molar-refractivity contribution < 1.29 is 5.11 Å². The van der Waals surface area contributed by atoms with Crippen LogP contribution in [0.3, 0.4) is 0 Å². The highest BCUT2D eigenvalue weighted by atomic mass is 16.3. The maximum absolute atomic E-state index is 9.12. The van der Waals surface area contributed by atoms with Crippen molar-refractivity contribution in [2.75, 3.05) is 12.4 Å². The van der Waals surface area contributed by atoms with Crippen LogP contribution in [0.1, 0.15) is 12.5 Å². The Bertz CT molecular complexity index is 245. The first-order valence-corrected chi connectivity index (χ1v) is 3.77. The summed E-state index contributed by atoms with van der Waals surface area (Å²) in [6, 6.07) is 5.37. The van der Waals surface area contributed by atoms with E-state index in [9.17, 15) is 0 Å². The molecule has 0 aliphatic rings. The molecule has 0 spiro atoms. The number of anilines is 1. The van der Waals surface area contributed by atoms with Gasteiger partial charge in [-0.2, -0.15) is 0 Å². The Morgan fingerprint density at radius 3 is 2.73 bits per heavy atom. The SMILES string of the molecule is CCc1ccc(O)cc1NC. The second-order valence-corrected chi connectivity index (χ2v) is 2.45. The Kier molecular flexibility index (Phi) is 2.36. The number of aromatic hydroxyl groups is 1. The minimum atomic E-state index is 0.312. The Labute approximate surface area is 66.9 Å². The van der Waals surface area contributed by atoms with E-state index in [0.29, 0.717) is 5.75 Å². The van der Waals surface area contributed by atoms with Gasteiger partial charge in [0, 0.05) is 18.8 Å². The van der Waals surface area contributed by atoms with Crippen LogP contribution in [-0.2, 0) is 6.42 Å². The van der Waals surface area contributed by atoms with E-state index in [-0.39, 0.29) is 0 Å². The van der Waals surface area contributed by atoms with Gasteiger partial charge in [0.05, 0.1) is 0 Å². The molecule has 0 radical (unpaired) electrons. The fraction of sp³-hybridized carbons (Fsp3) is 0.333. The molecule has 0 aliphatic heterocycles. The van der Waals surface area contributed by atoms with Gasteiger partial charge in [-0.15, -0.1) is 0 Å². The lowest BCUT2D eigenvalue weighted by molar-refractivity contribution is 0.475. The molecule has 0 amide bonds. The number of rotatable bonds is 2. The monoisotopic (exact) mass is 151 g/mol. The van der Waals surface area contributed by atoms with Gasteiger partial charge >= 0.3 is 0 Å². The molecule has 0 aromatic heterocycles. The maximum atomic E-state index is 9.12. The first kappa shape index (κ1) is 7.92. The maximum Gasteiger partial charge on any atom is 0.117 e. The molecule has 0 saturated heterocycles. The normalized spacial score (nSPS) is 9.64. The van der Waals surface area contributed by atoms with Crippen LogP contribution in [0.25, 0.3) is 0 Å². The molecule has 60 valence electrons. The molecule has 0 aliphatic carbocycles. The summed E-state index contributed by atoms with van der Waals surface area (Å²) in [6.07, 6.45) is 0.983. The molecule has 2 nitrogen and oxygen atoms in total. The van der Waals surface area contributed by atoms with Gasteiger partial charge in [0.25, 0.3) is 0 Å². The molecular weight excluding hydrogens is 138 g/mol. The van der Waals surface area contributed by atoms with E-state index in [1.807, 2.05) is 13.1 Å². The van der Waals surface area contributed by atoms with Gasteiger partial charge in [-0.25, -0.2) is 0 Å². The van der Waals surface area contributed by atoms with Gasteiger partial charge in [-0.3, -0.25) is 0 Å². The van der Waals surface area contributed by atoms with Gasteiger partial charge in [0.1, 0.15) is 5.75 Å². The minimum absolute atomic E-state index is 0.312. The number of hydrogen-bond acceptors (Lipinski definition) is 2. The zero-order valence-corrected chi connectivity index (χ0v) is 6.89. The molecule has 0 atom stereocenters. The quantitative estimate of drug-likeness (QED) is 0.677. The number of aryl methyl sites for hydroxylation is 1. The number of hydrogen-bond donors (Lipinski definition) is 2. The van der Waals surface area contributed by atoms with E-state index in [0.717, 1.165) is 12.1 Å². The van der Waals surface area contributed by atoms with Crippen LogP contribution in [0.5, 0.6) is 5.75 Å². The largest absolute Gasteiger partial charge is 0.508 e. The van der Waals surface area contributed by atoms with Crippen LogP contribution in [0.4, 0.5) is 5.69 Å². The van der Waals surface area contributed by atoms with E-state index in [1.165, 1.54) is 5.56 Å². The first-order valence-electron chi connectivity index (χ1n) is 3.77. The Balaban J connectivity index is 3.06. The molecule has 11 heavy (non-hydrogen) atoms. The molecule has 1 aromatic carbocycles. The van der Waals surface area contributed by atoms with E-state index in [2.05, 4.69) is 12.2 Å². The molecular formula is C9H13NO. The van der Waals surface area contributed by atoms with E-state index >= 15 is 0 Å². The highest BCUT2D eigenvalue weighted by molar-refractivity contribution is 5.54. The summed E-state index contributed by atoms with van der Waals surface area (Å²) in [5.74, 6) is 0.312. The summed E-state index contributed by atoms with van der Waals surface area (Å²) in [4.78, 5) is 0. The topological polar surface area (TPSA) is 32.3 Å². The standard InChI is InChI=1S/C9H13NO/c1-3-7-4-5-8(11)6-9(7)10-2/h4-6,10-11H,3H2,1-2H3. The van der Waals surface area contributed by atoms with Crippen LogP contribution in [0.2, 0.25) is 0 Å². The Hall–Kier alpha value is -1.18. The molecule has 1 rings (SSSR count). The summed E-state index contributed by atoms with van der Waals surface area (Å²) in [6.45, 7) is 2.09. The van der Waals surface area contributed by atoms with Crippen molar-refractivity contribution in [3.63, 3.8) is 0 Å². The summed E-state index contributed by atoms with van der Waals surface area (Å²) >= 11 is 0. The van der Waals surface area contributed by atoms with Gasteiger partial charge in [-0.05, 0) is 18.1 Å². The molecule has 0 saturated carbocycles. The summed E-state index contributed by atoms with van der Waals surface area (Å²) in [5, 5.41) is 12.2. The van der Waals surface area contributed by atoms with E-state index < -0.39 is 0 Å². The third kappa shape index (κ3) is 1.64. The smallest absolute Gasteiger partial charge is 0.117 e. The fourth-order valence-electron chi connectivity index (χ4n) is 1.11. The van der Waals surface area contributed by atoms with Gasteiger partial charge < -0.3 is 10.4 Å². The van der Waals surface area contributed by atoms with Crippen LogP contribution in [0.15, 0.2) is 18.2 Å². The molecule has 0 heterocycles. The van der Waals surface area contributed by atoms with Crippen molar-refractivity contribution in [3.05, 3.63) is 23.8 Å². The van der Waals surface area contributed by atoms with Crippen molar-refractivity contribution >= 4 is 5.69 Å². The lowest BCUT2D eigenvalue weighted by atomic mass is 10.1. The highest BCUT2D eigenvalue weighted by Gasteiger charge is 1.98.